The van der Waals surface area contributed by atoms with Crippen LogP contribution in [0.1, 0.15) is 44.6 Å². The average Bonchev–Trinajstić information content (AvgIpc) is 3.47. The smallest absolute Gasteiger partial charge is 0.314 e. The van der Waals surface area contributed by atoms with Gasteiger partial charge in [0, 0.05) is 32.5 Å². The number of amides is 1. The van der Waals surface area contributed by atoms with E-state index in [9.17, 15) is 14.0 Å². The van der Waals surface area contributed by atoms with Crippen LogP contribution < -0.4 is 0 Å². The average molecular weight is 432 g/mol. The van der Waals surface area contributed by atoms with Gasteiger partial charge in [0.05, 0.1) is 30.3 Å². The van der Waals surface area contributed by atoms with Crippen molar-refractivity contribution >= 4 is 17.6 Å². The standard InChI is InChI=1S/C23H29FN2O5/c1-2-30-22(28)23(9-3-10-26(15-23)21(27)17-8-11-29-14-17)13-19-12-20(25-31-19)16-4-6-18(24)7-5-16/h4-7,17,19H,2-3,8-15H2,1H3/t17-,19-,23-/m0/s1. The monoisotopic (exact) mass is 432 g/mol. The number of nitrogens with zero attached hydrogens (tertiary/aromatic N) is 2. The predicted molar refractivity (Wildman–Crippen MR) is 111 cm³/mol. The minimum absolute atomic E-state index is 0.0569. The lowest BCUT2D eigenvalue weighted by Crippen LogP contribution is -2.53. The van der Waals surface area contributed by atoms with Gasteiger partial charge in [-0.25, -0.2) is 4.39 Å². The van der Waals surface area contributed by atoms with E-state index in [1.165, 1.54) is 12.1 Å². The van der Waals surface area contributed by atoms with Gasteiger partial charge in [-0.15, -0.1) is 0 Å². The number of carbonyl (C=O) groups is 2. The maximum atomic E-state index is 13.2. The summed E-state index contributed by atoms with van der Waals surface area (Å²) in [6, 6.07) is 6.13. The van der Waals surface area contributed by atoms with E-state index in [1.54, 1.807) is 24.0 Å². The summed E-state index contributed by atoms with van der Waals surface area (Å²) in [4.78, 5) is 33.5. The Hall–Kier alpha value is -2.48. The first-order valence-corrected chi connectivity index (χ1v) is 11.0. The molecule has 3 aliphatic heterocycles. The Morgan fingerprint density at radius 2 is 2.13 bits per heavy atom. The third-order valence-corrected chi connectivity index (χ3v) is 6.40. The molecule has 1 aromatic rings. The van der Waals surface area contributed by atoms with Crippen LogP contribution in [0.4, 0.5) is 4.39 Å². The molecule has 31 heavy (non-hydrogen) atoms. The van der Waals surface area contributed by atoms with Gasteiger partial charge in [-0.1, -0.05) is 17.3 Å². The van der Waals surface area contributed by atoms with E-state index in [2.05, 4.69) is 5.16 Å². The van der Waals surface area contributed by atoms with Crippen LogP contribution in [0.25, 0.3) is 0 Å². The van der Waals surface area contributed by atoms with E-state index in [4.69, 9.17) is 14.3 Å². The predicted octanol–water partition coefficient (Wildman–Crippen LogP) is 2.92. The van der Waals surface area contributed by atoms with Crippen molar-refractivity contribution in [3.8, 4) is 0 Å². The number of hydrogen-bond donors (Lipinski definition) is 0. The number of hydrogen-bond acceptors (Lipinski definition) is 6. The van der Waals surface area contributed by atoms with Crippen molar-refractivity contribution in [1.82, 2.24) is 4.90 Å². The van der Waals surface area contributed by atoms with Crippen LogP contribution in [0.3, 0.4) is 0 Å². The number of likely N-dealkylation sites (tertiary alicyclic amines) is 1. The Balaban J connectivity index is 1.47. The molecule has 4 rings (SSSR count). The molecule has 0 radical (unpaired) electrons. The minimum atomic E-state index is -0.818. The maximum Gasteiger partial charge on any atom is 0.314 e. The number of carbonyl (C=O) groups excluding carboxylic acids is 2. The van der Waals surface area contributed by atoms with Crippen LogP contribution in [-0.2, 0) is 23.9 Å². The second-order valence-corrected chi connectivity index (χ2v) is 8.61. The summed E-state index contributed by atoms with van der Waals surface area (Å²) >= 11 is 0. The van der Waals surface area contributed by atoms with Crippen molar-refractivity contribution in [2.45, 2.75) is 45.1 Å². The van der Waals surface area contributed by atoms with Gasteiger partial charge in [-0.3, -0.25) is 9.59 Å². The second kappa shape index (κ2) is 9.34. The molecule has 0 bridgehead atoms. The fourth-order valence-electron chi connectivity index (χ4n) is 4.79. The number of ether oxygens (including phenoxy) is 2. The summed E-state index contributed by atoms with van der Waals surface area (Å²) in [5.41, 5.74) is 0.716. The maximum absolute atomic E-state index is 13.2. The number of rotatable bonds is 6. The zero-order chi connectivity index (χ0) is 21.8. The summed E-state index contributed by atoms with van der Waals surface area (Å²) in [6.07, 6.45) is 2.75. The van der Waals surface area contributed by atoms with Crippen LogP contribution in [-0.4, -0.2) is 61.5 Å². The summed E-state index contributed by atoms with van der Waals surface area (Å²) in [7, 11) is 0. The molecule has 2 saturated heterocycles. The topological polar surface area (TPSA) is 77.4 Å². The van der Waals surface area contributed by atoms with Gasteiger partial charge < -0.3 is 19.2 Å². The normalized spacial score (nSPS) is 28.2. The highest BCUT2D eigenvalue weighted by Crippen LogP contribution is 2.39. The summed E-state index contributed by atoms with van der Waals surface area (Å²) < 4.78 is 24.0. The van der Waals surface area contributed by atoms with Gasteiger partial charge in [0.2, 0.25) is 5.91 Å². The Labute approximate surface area is 181 Å². The largest absolute Gasteiger partial charge is 0.466 e. The van der Waals surface area contributed by atoms with Crippen LogP contribution in [0, 0.1) is 17.2 Å². The lowest BCUT2D eigenvalue weighted by atomic mass is 9.74. The molecule has 0 spiro atoms. The first kappa shape index (κ1) is 21.7. The first-order valence-electron chi connectivity index (χ1n) is 11.0. The van der Waals surface area contributed by atoms with Crippen molar-refractivity contribution in [2.75, 3.05) is 32.9 Å². The zero-order valence-corrected chi connectivity index (χ0v) is 17.8. The van der Waals surface area contributed by atoms with Gasteiger partial charge in [-0.05, 0) is 43.9 Å². The number of oxime groups is 1. The number of esters is 1. The van der Waals surface area contributed by atoms with Crippen molar-refractivity contribution in [3.63, 3.8) is 0 Å². The molecule has 3 atom stereocenters. The summed E-state index contributed by atoms with van der Waals surface area (Å²) in [6.45, 7) is 4.09. The fourth-order valence-corrected chi connectivity index (χ4v) is 4.79. The van der Waals surface area contributed by atoms with Crippen LogP contribution in [0.5, 0.6) is 0 Å². The van der Waals surface area contributed by atoms with Crippen LogP contribution in [0.15, 0.2) is 29.4 Å². The molecule has 0 unspecified atom stereocenters. The molecule has 168 valence electrons. The van der Waals surface area contributed by atoms with Crippen molar-refractivity contribution in [3.05, 3.63) is 35.6 Å². The van der Waals surface area contributed by atoms with E-state index >= 15 is 0 Å². The molecule has 2 fully saturated rings. The first-order chi connectivity index (χ1) is 15.0. The molecule has 8 heteroatoms. The lowest BCUT2D eigenvalue weighted by molar-refractivity contribution is -0.164. The fraction of sp³-hybridized carbons (Fsp3) is 0.609. The van der Waals surface area contributed by atoms with Gasteiger partial charge in [-0.2, -0.15) is 0 Å². The summed E-state index contributed by atoms with van der Waals surface area (Å²) in [5, 5.41) is 4.18. The zero-order valence-electron chi connectivity index (χ0n) is 17.8. The molecule has 3 heterocycles. The van der Waals surface area contributed by atoms with Gasteiger partial charge in [0.15, 0.2) is 0 Å². The van der Waals surface area contributed by atoms with Crippen molar-refractivity contribution in [1.29, 1.82) is 0 Å². The molecule has 3 aliphatic rings. The van der Waals surface area contributed by atoms with E-state index in [0.717, 1.165) is 24.1 Å². The molecule has 1 aromatic carbocycles. The Morgan fingerprint density at radius 1 is 1.32 bits per heavy atom. The quantitative estimate of drug-likeness (QED) is 0.646. The molecule has 0 saturated carbocycles. The van der Waals surface area contributed by atoms with E-state index in [1.807, 2.05) is 0 Å². The van der Waals surface area contributed by atoms with Gasteiger partial charge in [0.25, 0.3) is 0 Å². The molecular formula is C23H29FN2O5. The molecular weight excluding hydrogens is 403 g/mol. The van der Waals surface area contributed by atoms with Gasteiger partial charge >= 0.3 is 5.97 Å². The highest BCUT2D eigenvalue weighted by molar-refractivity contribution is 6.01. The number of piperidine rings is 1. The highest BCUT2D eigenvalue weighted by atomic mass is 19.1. The van der Waals surface area contributed by atoms with E-state index in [0.29, 0.717) is 45.6 Å². The Kier molecular flexibility index (Phi) is 6.55. The molecule has 7 nitrogen and oxygen atoms in total. The highest BCUT2D eigenvalue weighted by Gasteiger charge is 2.48. The third-order valence-electron chi connectivity index (χ3n) is 6.40. The second-order valence-electron chi connectivity index (χ2n) is 8.61. The van der Waals surface area contributed by atoms with Crippen molar-refractivity contribution < 1.29 is 28.3 Å². The Morgan fingerprint density at radius 3 is 2.84 bits per heavy atom. The number of benzene rings is 1. The van der Waals surface area contributed by atoms with E-state index in [-0.39, 0.29) is 36.3 Å². The molecule has 0 aromatic heterocycles. The molecule has 0 N–H and O–H groups in total. The minimum Gasteiger partial charge on any atom is -0.466 e. The molecule has 1 amide bonds. The van der Waals surface area contributed by atoms with E-state index < -0.39 is 5.41 Å². The SMILES string of the molecule is CCOC(=O)[C@]1(C[C@@H]2CC(c3ccc(F)cc3)=NO2)CCCN(C(=O)[C@H]2CCOC2)C1. The van der Waals surface area contributed by atoms with Crippen LogP contribution in [0.2, 0.25) is 0 Å². The lowest BCUT2D eigenvalue weighted by Gasteiger charge is -2.42. The summed E-state index contributed by atoms with van der Waals surface area (Å²) in [5.74, 6) is -0.662. The number of halogens is 1. The van der Waals surface area contributed by atoms with Crippen LogP contribution >= 0.6 is 0 Å². The Bertz CT molecular complexity index is 837. The van der Waals surface area contributed by atoms with Gasteiger partial charge in [0.1, 0.15) is 11.9 Å². The third kappa shape index (κ3) is 4.74. The molecule has 0 aliphatic carbocycles. The van der Waals surface area contributed by atoms with Crippen molar-refractivity contribution in [2.24, 2.45) is 16.5 Å².